The van der Waals surface area contributed by atoms with E-state index in [1.165, 1.54) is 0 Å². The second-order valence-electron chi connectivity index (χ2n) is 5.66. The first-order valence-electron chi connectivity index (χ1n) is 7.83. The van der Waals surface area contributed by atoms with Crippen LogP contribution in [0, 0.1) is 0 Å². The highest BCUT2D eigenvalue weighted by atomic mass is 16.5. The van der Waals surface area contributed by atoms with Gasteiger partial charge in [0.2, 0.25) is 0 Å². The van der Waals surface area contributed by atoms with E-state index in [4.69, 9.17) is 4.74 Å². The molecule has 1 aliphatic rings. The van der Waals surface area contributed by atoms with Crippen LogP contribution in [0.25, 0.3) is 0 Å². The van der Waals surface area contributed by atoms with Gasteiger partial charge in [-0.3, -0.25) is 9.78 Å². The molecule has 5 nitrogen and oxygen atoms in total. The Bertz CT molecular complexity index is 654. The summed E-state index contributed by atoms with van der Waals surface area (Å²) in [5, 5.41) is 9.99. The SMILES string of the molecule is O=C(c1ccccn1)N(Cc1ccccc1O)CC1CCCO1. The van der Waals surface area contributed by atoms with Gasteiger partial charge < -0.3 is 14.7 Å². The van der Waals surface area contributed by atoms with Gasteiger partial charge in [-0.2, -0.15) is 0 Å². The van der Waals surface area contributed by atoms with Crippen LogP contribution in [-0.2, 0) is 11.3 Å². The molecule has 2 aromatic rings. The molecule has 1 amide bonds. The molecule has 0 spiro atoms. The van der Waals surface area contributed by atoms with Gasteiger partial charge in [0.05, 0.1) is 6.10 Å². The normalized spacial score (nSPS) is 17.1. The number of carbonyl (C=O) groups is 1. The molecule has 3 rings (SSSR count). The third-order valence-corrected chi connectivity index (χ3v) is 3.97. The van der Waals surface area contributed by atoms with Crippen molar-refractivity contribution in [1.82, 2.24) is 9.88 Å². The van der Waals surface area contributed by atoms with Crippen LogP contribution >= 0.6 is 0 Å². The number of phenols is 1. The van der Waals surface area contributed by atoms with Crippen molar-refractivity contribution in [2.75, 3.05) is 13.2 Å². The number of hydrogen-bond donors (Lipinski definition) is 1. The van der Waals surface area contributed by atoms with Crippen LogP contribution in [-0.4, -0.2) is 40.2 Å². The maximum Gasteiger partial charge on any atom is 0.272 e. The number of phenolic OH excluding ortho intramolecular Hbond substituents is 1. The Morgan fingerprint density at radius 1 is 1.26 bits per heavy atom. The lowest BCUT2D eigenvalue weighted by Gasteiger charge is -2.25. The molecule has 1 saturated heterocycles. The van der Waals surface area contributed by atoms with E-state index in [9.17, 15) is 9.90 Å². The topological polar surface area (TPSA) is 62.7 Å². The van der Waals surface area contributed by atoms with Crippen molar-refractivity contribution in [2.45, 2.75) is 25.5 Å². The van der Waals surface area contributed by atoms with Crippen molar-refractivity contribution in [1.29, 1.82) is 0 Å². The molecule has 0 saturated carbocycles. The molecule has 120 valence electrons. The summed E-state index contributed by atoms with van der Waals surface area (Å²) in [6.07, 6.45) is 3.63. The number of aromatic nitrogens is 1. The van der Waals surface area contributed by atoms with Crippen molar-refractivity contribution in [2.24, 2.45) is 0 Å². The number of aromatic hydroxyl groups is 1. The number of hydrogen-bond acceptors (Lipinski definition) is 4. The molecule has 0 aliphatic carbocycles. The lowest BCUT2D eigenvalue weighted by atomic mass is 10.1. The highest BCUT2D eigenvalue weighted by molar-refractivity contribution is 5.92. The van der Waals surface area contributed by atoms with E-state index in [1.54, 1.807) is 41.4 Å². The minimum atomic E-state index is -0.149. The third-order valence-electron chi connectivity index (χ3n) is 3.97. The fourth-order valence-corrected chi connectivity index (χ4v) is 2.75. The second kappa shape index (κ2) is 7.24. The standard InChI is InChI=1S/C18H20N2O3/c21-17-9-2-1-6-14(17)12-20(13-15-7-5-11-23-15)18(22)16-8-3-4-10-19-16/h1-4,6,8-10,15,21H,5,7,11-13H2. The average Bonchev–Trinajstić information content (AvgIpc) is 3.09. The fraction of sp³-hybridized carbons (Fsp3) is 0.333. The first-order valence-corrected chi connectivity index (χ1v) is 7.83. The largest absolute Gasteiger partial charge is 0.508 e. The first kappa shape index (κ1) is 15.5. The van der Waals surface area contributed by atoms with Gasteiger partial charge in [-0.15, -0.1) is 0 Å². The first-order chi connectivity index (χ1) is 11.2. The Kier molecular flexibility index (Phi) is 4.88. The van der Waals surface area contributed by atoms with Gasteiger partial charge >= 0.3 is 0 Å². The van der Waals surface area contributed by atoms with Gasteiger partial charge in [0.1, 0.15) is 11.4 Å². The Morgan fingerprint density at radius 2 is 2.09 bits per heavy atom. The molecule has 2 heterocycles. The summed E-state index contributed by atoms with van der Waals surface area (Å²) in [6.45, 7) is 1.58. The number of amides is 1. The average molecular weight is 312 g/mol. The number of rotatable bonds is 5. The van der Waals surface area contributed by atoms with Gasteiger partial charge in [0.25, 0.3) is 5.91 Å². The third kappa shape index (κ3) is 3.87. The van der Waals surface area contributed by atoms with E-state index in [0.29, 0.717) is 18.8 Å². The predicted octanol–water partition coefficient (Wildman–Crippen LogP) is 2.61. The molecule has 1 N–H and O–H groups in total. The van der Waals surface area contributed by atoms with Crippen molar-refractivity contribution in [3.05, 3.63) is 59.9 Å². The van der Waals surface area contributed by atoms with E-state index in [0.717, 1.165) is 25.0 Å². The molecule has 0 radical (unpaired) electrons. The molecule has 1 fully saturated rings. The van der Waals surface area contributed by atoms with Gasteiger partial charge in [0, 0.05) is 31.5 Å². The van der Waals surface area contributed by atoms with E-state index in [2.05, 4.69) is 4.98 Å². The molecule has 1 unspecified atom stereocenters. The zero-order chi connectivity index (χ0) is 16.1. The van der Waals surface area contributed by atoms with E-state index in [1.807, 2.05) is 12.1 Å². The van der Waals surface area contributed by atoms with E-state index < -0.39 is 0 Å². The van der Waals surface area contributed by atoms with Crippen molar-refractivity contribution in [3.8, 4) is 5.75 Å². The summed E-state index contributed by atoms with van der Waals surface area (Å²) in [5.74, 6) is 0.0445. The van der Waals surface area contributed by atoms with Crippen LogP contribution in [0.15, 0.2) is 48.7 Å². The molecule has 23 heavy (non-hydrogen) atoms. The summed E-state index contributed by atoms with van der Waals surface area (Å²) in [4.78, 5) is 18.6. The number of carbonyl (C=O) groups excluding carboxylic acids is 1. The lowest BCUT2D eigenvalue weighted by Crippen LogP contribution is -2.37. The van der Waals surface area contributed by atoms with Crippen LogP contribution in [0.1, 0.15) is 28.9 Å². The van der Waals surface area contributed by atoms with E-state index in [-0.39, 0.29) is 17.8 Å². The molecule has 0 bridgehead atoms. The minimum absolute atomic E-state index is 0.0496. The summed E-state index contributed by atoms with van der Waals surface area (Å²) >= 11 is 0. The van der Waals surface area contributed by atoms with Gasteiger partial charge in [-0.1, -0.05) is 24.3 Å². The summed E-state index contributed by atoms with van der Waals surface area (Å²) in [5.41, 5.74) is 1.12. The predicted molar refractivity (Wildman–Crippen MR) is 86.1 cm³/mol. The molecular weight excluding hydrogens is 292 g/mol. The molecular formula is C18H20N2O3. The molecule has 1 aromatic heterocycles. The Morgan fingerprint density at radius 3 is 2.78 bits per heavy atom. The maximum atomic E-state index is 12.8. The highest BCUT2D eigenvalue weighted by Crippen LogP contribution is 2.21. The monoisotopic (exact) mass is 312 g/mol. The molecule has 1 aliphatic heterocycles. The van der Waals surface area contributed by atoms with Gasteiger partial charge in [-0.25, -0.2) is 0 Å². The summed E-state index contributed by atoms with van der Waals surface area (Å²) in [6, 6.07) is 12.4. The van der Waals surface area contributed by atoms with Crippen molar-refractivity contribution >= 4 is 5.91 Å². The highest BCUT2D eigenvalue weighted by Gasteiger charge is 2.24. The molecule has 1 atom stereocenters. The van der Waals surface area contributed by atoms with Crippen LogP contribution in [0.3, 0.4) is 0 Å². The summed E-state index contributed by atoms with van der Waals surface area (Å²) < 4.78 is 5.66. The van der Waals surface area contributed by atoms with E-state index >= 15 is 0 Å². The lowest BCUT2D eigenvalue weighted by molar-refractivity contribution is 0.0501. The van der Waals surface area contributed by atoms with Crippen LogP contribution < -0.4 is 0 Å². The number of pyridine rings is 1. The zero-order valence-corrected chi connectivity index (χ0v) is 12.9. The van der Waals surface area contributed by atoms with Crippen molar-refractivity contribution in [3.63, 3.8) is 0 Å². The Hall–Kier alpha value is -2.40. The fourth-order valence-electron chi connectivity index (χ4n) is 2.75. The van der Waals surface area contributed by atoms with Gasteiger partial charge in [0.15, 0.2) is 0 Å². The molecule has 1 aromatic carbocycles. The molecule has 5 heteroatoms. The Labute approximate surface area is 135 Å². The minimum Gasteiger partial charge on any atom is -0.508 e. The number of ether oxygens (including phenoxy) is 1. The van der Waals surface area contributed by atoms with Crippen LogP contribution in [0.5, 0.6) is 5.75 Å². The number of nitrogens with zero attached hydrogens (tertiary/aromatic N) is 2. The van der Waals surface area contributed by atoms with Gasteiger partial charge in [-0.05, 0) is 31.0 Å². The Balaban J connectivity index is 1.81. The van der Waals surface area contributed by atoms with Crippen LogP contribution in [0.4, 0.5) is 0 Å². The summed E-state index contributed by atoms with van der Waals surface area (Å²) in [7, 11) is 0. The quantitative estimate of drug-likeness (QED) is 0.922. The number of benzene rings is 1. The second-order valence-corrected chi connectivity index (χ2v) is 5.66. The maximum absolute atomic E-state index is 12.8. The van der Waals surface area contributed by atoms with Crippen LogP contribution in [0.2, 0.25) is 0 Å². The zero-order valence-electron chi connectivity index (χ0n) is 12.9. The number of para-hydroxylation sites is 1. The smallest absolute Gasteiger partial charge is 0.272 e. The van der Waals surface area contributed by atoms with Crippen molar-refractivity contribution < 1.29 is 14.6 Å².